The molecule has 0 spiro atoms. The van der Waals surface area contributed by atoms with Gasteiger partial charge < -0.3 is 48.4 Å². The normalized spacial score (nSPS) is 33.0. The summed E-state index contributed by atoms with van der Waals surface area (Å²) < 4.78 is 49.8. The summed E-state index contributed by atoms with van der Waals surface area (Å²) in [5.74, 6) is -4.35. The molecule has 2 fully saturated rings. The lowest BCUT2D eigenvalue weighted by Gasteiger charge is -2.48. The van der Waals surface area contributed by atoms with Crippen LogP contribution in [0.15, 0.2) is 0 Å². The zero-order chi connectivity index (χ0) is 31.0. The summed E-state index contributed by atoms with van der Waals surface area (Å²) in [6, 6.07) is 0. The van der Waals surface area contributed by atoms with Gasteiger partial charge in [0.1, 0.15) is 18.8 Å². The molecule has 0 saturated carbocycles. The molecule has 2 heterocycles. The molecule has 0 bridgehead atoms. The molecule has 2 N–H and O–H groups in total. The summed E-state index contributed by atoms with van der Waals surface area (Å²) in [7, 11) is 0. The summed E-state index contributed by atoms with van der Waals surface area (Å²) in [6.45, 7) is 8.55. The van der Waals surface area contributed by atoms with Crippen LogP contribution >= 0.6 is 0 Å². The van der Waals surface area contributed by atoms with Crippen LogP contribution in [0.25, 0.3) is 0 Å². The molecule has 2 aliphatic heterocycles. The highest BCUT2D eigenvalue weighted by Crippen LogP contribution is 2.36. The average Bonchev–Trinajstić information content (AvgIpc) is 2.83. The minimum atomic E-state index is -1.66. The van der Waals surface area contributed by atoms with E-state index in [2.05, 4.69) is 0 Å². The number of carbonyl (C=O) groups is 6. The van der Waals surface area contributed by atoms with E-state index in [9.17, 15) is 28.8 Å². The van der Waals surface area contributed by atoms with Crippen molar-refractivity contribution in [2.24, 2.45) is 11.7 Å². The molecule has 10 atom stereocenters. The Labute approximate surface area is 236 Å². The molecule has 2 aliphatic rings. The first-order chi connectivity index (χ1) is 19.1. The smallest absolute Gasteiger partial charge is 0.405 e. The van der Waals surface area contributed by atoms with Crippen LogP contribution in [0, 0.1) is 5.92 Å². The monoisotopic (exact) mass is 591 g/mol. The molecule has 16 nitrogen and oxygen atoms in total. The van der Waals surface area contributed by atoms with Crippen molar-refractivity contribution in [1.29, 1.82) is 0 Å². The third-order valence-electron chi connectivity index (χ3n) is 6.18. The maximum Gasteiger partial charge on any atom is 0.405 e. The van der Waals surface area contributed by atoms with Gasteiger partial charge in [-0.25, -0.2) is 4.79 Å². The highest BCUT2D eigenvalue weighted by molar-refractivity contribution is 5.69. The summed E-state index contributed by atoms with van der Waals surface area (Å²) in [4.78, 5) is 71.5. The standard InChI is InChI=1S/C25H37NO15/c1-8-16-10(2)18(34-12(4)28)21(23(38-16)37-15(7)31)40-24-22(36-14(6)30)20(35-13(5)29)19(41-25(26)32)17(39-24)9-33-11(3)27/h10,16-24H,8-9H2,1-7H3,(H2,26,32)/t10-,16+,17-,18+,19-,20+,21+,22+,23?,24-/m1/s1. The number of hydrogen-bond donors (Lipinski definition) is 1. The van der Waals surface area contributed by atoms with Crippen LogP contribution in [-0.4, -0.2) is 97.9 Å². The second-order valence-corrected chi connectivity index (χ2v) is 9.49. The van der Waals surface area contributed by atoms with Crippen LogP contribution in [0.4, 0.5) is 4.79 Å². The molecule has 232 valence electrons. The van der Waals surface area contributed by atoms with Gasteiger partial charge in [0.25, 0.3) is 0 Å². The summed E-state index contributed by atoms with van der Waals surface area (Å²) in [5, 5.41) is 0. The fourth-order valence-corrected chi connectivity index (χ4v) is 4.67. The lowest BCUT2D eigenvalue weighted by molar-refractivity contribution is -0.357. The number of carbonyl (C=O) groups excluding carboxylic acids is 6. The van der Waals surface area contributed by atoms with E-state index in [4.69, 9.17) is 48.4 Å². The topological polar surface area (TPSA) is 212 Å². The van der Waals surface area contributed by atoms with Crippen molar-refractivity contribution in [3.05, 3.63) is 0 Å². The van der Waals surface area contributed by atoms with E-state index in [1.54, 1.807) is 6.92 Å². The molecule has 16 heteroatoms. The first-order valence-electron chi connectivity index (χ1n) is 12.9. The van der Waals surface area contributed by atoms with Gasteiger partial charge in [0.05, 0.1) is 6.10 Å². The molecule has 1 unspecified atom stereocenters. The van der Waals surface area contributed by atoms with Crippen molar-refractivity contribution < 1.29 is 71.4 Å². The molecule has 1 amide bonds. The van der Waals surface area contributed by atoms with Crippen molar-refractivity contribution in [2.45, 2.75) is 110 Å². The largest absolute Gasteiger partial charge is 0.463 e. The molecule has 41 heavy (non-hydrogen) atoms. The zero-order valence-electron chi connectivity index (χ0n) is 23.9. The van der Waals surface area contributed by atoms with Crippen LogP contribution in [0.3, 0.4) is 0 Å². The van der Waals surface area contributed by atoms with Gasteiger partial charge in [-0.3, -0.25) is 24.0 Å². The van der Waals surface area contributed by atoms with Crippen LogP contribution in [-0.2, 0) is 66.6 Å². The Balaban J connectivity index is 2.61. The molecule has 0 radical (unpaired) electrons. The lowest BCUT2D eigenvalue weighted by atomic mass is 9.88. The second-order valence-electron chi connectivity index (χ2n) is 9.49. The predicted octanol–water partition coefficient (Wildman–Crippen LogP) is 0.253. The molecule has 0 aromatic heterocycles. The van der Waals surface area contributed by atoms with Gasteiger partial charge in [-0.15, -0.1) is 0 Å². The summed E-state index contributed by atoms with van der Waals surface area (Å²) in [5.41, 5.74) is 5.22. The SMILES string of the molecule is CC[C@@H]1OC(OC(C)=O)[C@@H](O[C@H]2O[C@H](COC(C)=O)[C@@H](OC(N)=O)[C@H](OC(C)=O)[C@@H]2OC(C)=O)[C@@H](OC(C)=O)[C@@H]1C. The maximum atomic E-state index is 12.1. The number of nitrogens with two attached hydrogens (primary N) is 1. The van der Waals surface area contributed by atoms with E-state index >= 15 is 0 Å². The predicted molar refractivity (Wildman–Crippen MR) is 131 cm³/mol. The quantitative estimate of drug-likeness (QED) is 0.266. The van der Waals surface area contributed by atoms with Gasteiger partial charge in [0, 0.05) is 40.5 Å². The first kappa shape index (κ1) is 33.7. The third kappa shape index (κ3) is 9.54. The van der Waals surface area contributed by atoms with E-state index in [0.29, 0.717) is 6.42 Å². The molecule has 0 aliphatic carbocycles. The highest BCUT2D eigenvalue weighted by atomic mass is 16.8. The van der Waals surface area contributed by atoms with E-state index in [0.717, 1.165) is 27.7 Å². The molecular formula is C25H37NO15. The molecule has 0 aromatic carbocycles. The van der Waals surface area contributed by atoms with Crippen LogP contribution in [0.5, 0.6) is 0 Å². The Hall–Kier alpha value is -3.50. The molecule has 2 saturated heterocycles. The van der Waals surface area contributed by atoms with Gasteiger partial charge in [0.2, 0.25) is 6.29 Å². The van der Waals surface area contributed by atoms with Crippen molar-refractivity contribution in [2.75, 3.05) is 6.61 Å². The average molecular weight is 592 g/mol. The minimum absolute atomic E-state index is 0.463. The fraction of sp³-hybridized carbons (Fsp3) is 0.760. The second kappa shape index (κ2) is 14.9. The lowest BCUT2D eigenvalue weighted by Crippen LogP contribution is -2.65. The third-order valence-corrected chi connectivity index (χ3v) is 6.18. The number of primary amides is 1. The number of amides is 1. The molecular weight excluding hydrogens is 554 g/mol. The Morgan fingerprint density at radius 2 is 1.12 bits per heavy atom. The number of ether oxygens (including phenoxy) is 9. The summed E-state index contributed by atoms with van der Waals surface area (Å²) in [6.07, 6.45) is -12.9. The van der Waals surface area contributed by atoms with Crippen molar-refractivity contribution in [3.8, 4) is 0 Å². The number of hydrogen-bond acceptors (Lipinski definition) is 15. The first-order valence-corrected chi connectivity index (χ1v) is 12.9. The van der Waals surface area contributed by atoms with Crippen molar-refractivity contribution >= 4 is 35.9 Å². The van der Waals surface area contributed by atoms with Gasteiger partial charge in [-0.1, -0.05) is 13.8 Å². The van der Waals surface area contributed by atoms with Gasteiger partial charge in [0.15, 0.2) is 30.7 Å². The van der Waals surface area contributed by atoms with E-state index < -0.39 is 104 Å². The van der Waals surface area contributed by atoms with E-state index in [1.807, 2.05) is 6.92 Å². The Bertz CT molecular complexity index is 986. The van der Waals surface area contributed by atoms with Gasteiger partial charge in [-0.2, -0.15) is 0 Å². The van der Waals surface area contributed by atoms with Gasteiger partial charge >= 0.3 is 35.9 Å². The van der Waals surface area contributed by atoms with Crippen molar-refractivity contribution in [1.82, 2.24) is 0 Å². The molecule has 2 rings (SSSR count). The minimum Gasteiger partial charge on any atom is -0.463 e. The van der Waals surface area contributed by atoms with E-state index in [-0.39, 0.29) is 0 Å². The Kier molecular flexibility index (Phi) is 12.3. The molecule has 0 aromatic rings. The number of rotatable bonds is 10. The van der Waals surface area contributed by atoms with Crippen LogP contribution < -0.4 is 5.73 Å². The van der Waals surface area contributed by atoms with Crippen molar-refractivity contribution in [3.63, 3.8) is 0 Å². The van der Waals surface area contributed by atoms with Gasteiger partial charge in [-0.05, 0) is 6.42 Å². The Morgan fingerprint density at radius 1 is 0.610 bits per heavy atom. The van der Waals surface area contributed by atoms with Crippen LogP contribution in [0.2, 0.25) is 0 Å². The Morgan fingerprint density at radius 3 is 1.61 bits per heavy atom. The number of esters is 5. The zero-order valence-corrected chi connectivity index (χ0v) is 23.9. The maximum absolute atomic E-state index is 12.1. The van der Waals surface area contributed by atoms with Crippen LogP contribution in [0.1, 0.15) is 54.9 Å². The fourth-order valence-electron chi connectivity index (χ4n) is 4.67. The van der Waals surface area contributed by atoms with E-state index in [1.165, 1.54) is 6.92 Å². The highest BCUT2D eigenvalue weighted by Gasteiger charge is 2.56. The summed E-state index contributed by atoms with van der Waals surface area (Å²) >= 11 is 0.